The van der Waals surface area contributed by atoms with E-state index in [0.29, 0.717) is 22.5 Å². The van der Waals surface area contributed by atoms with Crippen LogP contribution in [0.2, 0.25) is 0 Å². The molecule has 6 aromatic carbocycles. The number of benzene rings is 6. The Morgan fingerprint density at radius 1 is 0.489 bits per heavy atom. The maximum absolute atomic E-state index is 9.85. The van der Waals surface area contributed by atoms with E-state index in [2.05, 4.69) is 42.8 Å². The van der Waals surface area contributed by atoms with Gasteiger partial charge in [0.15, 0.2) is 11.4 Å². The molecule has 0 atom stereocenters. The lowest BCUT2D eigenvalue weighted by molar-refractivity contribution is 0.670. The molecule has 5 aromatic heterocycles. The van der Waals surface area contributed by atoms with Crippen molar-refractivity contribution in [3.8, 4) is 12.1 Å². The number of rotatable bonds is 0. The first-order chi connectivity index (χ1) is 23.1. The van der Waals surface area contributed by atoms with E-state index in [1.165, 1.54) is 0 Å². The predicted octanol–water partition coefficient (Wildman–Crippen LogP) is 10.7. The van der Waals surface area contributed by atoms with Crippen LogP contribution in [0.1, 0.15) is 11.1 Å². The Kier molecular flexibility index (Phi) is 4.01. The van der Waals surface area contributed by atoms with Crippen LogP contribution in [0.3, 0.4) is 0 Å². The molecule has 0 fully saturated rings. The first kappa shape index (κ1) is 24.1. The van der Waals surface area contributed by atoms with Gasteiger partial charge in [-0.2, -0.15) is 10.5 Å². The third kappa shape index (κ3) is 2.63. The van der Waals surface area contributed by atoms with Crippen LogP contribution < -0.4 is 0 Å². The van der Waals surface area contributed by atoms with Crippen molar-refractivity contribution >= 4 is 110 Å². The summed E-state index contributed by atoms with van der Waals surface area (Å²) in [5, 5.41) is 29.7. The first-order valence-electron chi connectivity index (χ1n) is 14.9. The van der Waals surface area contributed by atoms with Crippen molar-refractivity contribution < 1.29 is 4.42 Å². The highest BCUT2D eigenvalue weighted by molar-refractivity contribution is 6.41. The third-order valence-corrected chi connectivity index (χ3v) is 10.0. The average molecular weight is 595 g/mol. The van der Waals surface area contributed by atoms with Gasteiger partial charge in [0.1, 0.15) is 11.2 Å². The van der Waals surface area contributed by atoms with E-state index in [1.807, 2.05) is 72.8 Å². The Morgan fingerprint density at radius 2 is 0.915 bits per heavy atom. The molecule has 0 spiro atoms. The summed E-state index contributed by atoms with van der Waals surface area (Å²) in [6.45, 7) is 15.4. The minimum atomic E-state index is 0.546. The van der Waals surface area contributed by atoms with Crippen LogP contribution in [0, 0.1) is 35.8 Å². The van der Waals surface area contributed by atoms with E-state index in [1.54, 1.807) is 0 Å². The number of nitrogens with zero attached hydrogens (tertiary/aromatic N) is 6. The molecule has 0 radical (unpaired) electrons. The van der Waals surface area contributed by atoms with Gasteiger partial charge in [-0.05, 0) is 48.5 Å². The fraction of sp³-hybridized carbons (Fsp3) is 0. The van der Waals surface area contributed by atoms with Gasteiger partial charge in [-0.1, -0.05) is 36.4 Å². The zero-order valence-corrected chi connectivity index (χ0v) is 24.2. The summed E-state index contributed by atoms with van der Waals surface area (Å²) in [7, 11) is 0. The van der Waals surface area contributed by atoms with Gasteiger partial charge in [0, 0.05) is 64.9 Å². The van der Waals surface area contributed by atoms with E-state index in [4.69, 9.17) is 17.6 Å². The van der Waals surface area contributed by atoms with Gasteiger partial charge in [0.25, 0.3) is 0 Å². The number of furan rings is 1. The van der Waals surface area contributed by atoms with E-state index >= 15 is 0 Å². The van der Waals surface area contributed by atoms with Gasteiger partial charge < -0.3 is 13.2 Å². The van der Waals surface area contributed by atoms with Crippen LogP contribution >= 0.6 is 0 Å². The van der Waals surface area contributed by atoms with Crippen molar-refractivity contribution in [2.45, 2.75) is 0 Å². The topological polar surface area (TPSA) is 78.3 Å². The molecule has 0 aliphatic heterocycles. The monoisotopic (exact) mass is 594 g/mol. The molecule has 0 saturated carbocycles. The Morgan fingerprint density at radius 3 is 1.43 bits per heavy atom. The van der Waals surface area contributed by atoms with Crippen LogP contribution in [-0.4, -0.2) is 8.80 Å². The third-order valence-electron chi connectivity index (χ3n) is 10.0. The highest BCUT2D eigenvalue weighted by atomic mass is 16.3. The van der Waals surface area contributed by atoms with Gasteiger partial charge in [-0.15, -0.1) is 0 Å². The number of aromatic nitrogens is 2. The first-order valence-corrected chi connectivity index (χ1v) is 14.9. The summed E-state index contributed by atoms with van der Waals surface area (Å²) in [5.74, 6) is 0. The summed E-state index contributed by atoms with van der Waals surface area (Å²) in [4.78, 5) is 7.45. The van der Waals surface area contributed by atoms with Gasteiger partial charge >= 0.3 is 0 Å². The van der Waals surface area contributed by atoms with E-state index in [-0.39, 0.29) is 0 Å². The van der Waals surface area contributed by atoms with Crippen molar-refractivity contribution in [3.05, 3.63) is 119 Å². The fourth-order valence-electron chi connectivity index (χ4n) is 8.21. The summed E-state index contributed by atoms with van der Waals surface area (Å²) in [5.41, 5.74) is 9.42. The second-order valence-electron chi connectivity index (χ2n) is 12.1. The second-order valence-corrected chi connectivity index (χ2v) is 12.1. The van der Waals surface area contributed by atoms with Crippen molar-refractivity contribution in [3.63, 3.8) is 0 Å². The van der Waals surface area contributed by atoms with Crippen LogP contribution in [0.5, 0.6) is 0 Å². The van der Waals surface area contributed by atoms with Gasteiger partial charge in [-0.3, -0.25) is 0 Å². The van der Waals surface area contributed by atoms with Crippen molar-refractivity contribution in [1.82, 2.24) is 8.80 Å². The van der Waals surface area contributed by atoms with Crippen LogP contribution in [-0.2, 0) is 0 Å². The quantitative estimate of drug-likeness (QED) is 0.164. The number of nitriles is 2. The molecular weight excluding hydrogens is 580 g/mol. The number of hydrogen-bond donors (Lipinski definition) is 0. The summed E-state index contributed by atoms with van der Waals surface area (Å²) in [6, 6.07) is 31.9. The predicted molar refractivity (Wildman–Crippen MR) is 185 cm³/mol. The van der Waals surface area contributed by atoms with Gasteiger partial charge in [0.2, 0.25) is 0 Å². The highest BCUT2D eigenvalue weighted by Gasteiger charge is 2.27. The maximum atomic E-state index is 9.85. The lowest BCUT2D eigenvalue weighted by Gasteiger charge is -2.01. The molecule has 0 aliphatic rings. The normalized spacial score (nSPS) is 12.2. The molecule has 7 nitrogen and oxygen atoms in total. The lowest BCUT2D eigenvalue weighted by atomic mass is 9.97. The summed E-state index contributed by atoms with van der Waals surface area (Å²) < 4.78 is 11.2. The minimum absolute atomic E-state index is 0.546. The number of hydrogen-bond acceptors (Lipinski definition) is 3. The van der Waals surface area contributed by atoms with Gasteiger partial charge in [0.05, 0.1) is 58.5 Å². The van der Waals surface area contributed by atoms with Crippen LogP contribution in [0.15, 0.2) is 89.3 Å². The zero-order chi connectivity index (χ0) is 31.3. The molecule has 0 amide bonds. The summed E-state index contributed by atoms with van der Waals surface area (Å²) >= 11 is 0. The largest absolute Gasteiger partial charge is 0.456 e. The molecular formula is C40H14N6O. The molecule has 11 aromatic rings. The van der Waals surface area contributed by atoms with Crippen molar-refractivity contribution in [2.75, 3.05) is 0 Å². The Labute approximate surface area is 263 Å². The molecule has 0 bridgehead atoms. The Bertz CT molecular complexity index is 3220. The molecule has 7 heteroatoms. The summed E-state index contributed by atoms with van der Waals surface area (Å²) in [6.07, 6.45) is 0. The molecule has 210 valence electrons. The van der Waals surface area contributed by atoms with Crippen LogP contribution in [0.25, 0.3) is 108 Å². The SMILES string of the molecule is [C-]#[N+]c1ccc2c3cc4oc5cc6c7ccc(C#N)cc7n7c8cc(C#N)ccc8c(c5c4c4c5ccc([N+]#[C-])cc5n(c2c1)c34)c67. The molecule has 0 unspecified atom stereocenters. The second kappa shape index (κ2) is 7.84. The van der Waals surface area contributed by atoms with Crippen LogP contribution in [0.4, 0.5) is 11.4 Å². The Hall–Kier alpha value is -7.32. The molecule has 0 aliphatic carbocycles. The molecule has 47 heavy (non-hydrogen) atoms. The van der Waals surface area contributed by atoms with E-state index < -0.39 is 0 Å². The zero-order valence-electron chi connectivity index (χ0n) is 24.2. The average Bonchev–Trinajstić information content (AvgIpc) is 3.89. The lowest BCUT2D eigenvalue weighted by Crippen LogP contribution is -1.83. The molecule has 11 rings (SSSR count). The molecule has 0 N–H and O–H groups in total. The van der Waals surface area contributed by atoms with Crippen molar-refractivity contribution in [1.29, 1.82) is 10.5 Å². The van der Waals surface area contributed by atoms with E-state index in [9.17, 15) is 10.5 Å². The fourth-order valence-corrected chi connectivity index (χ4v) is 8.21. The number of fused-ring (bicyclic) bond motifs is 17. The highest BCUT2D eigenvalue weighted by Crippen LogP contribution is 2.51. The standard InChI is InChI=1S/C40H14N6O/c1-43-21-5-9-24-28-16-34-38(36-26-10-6-22(44-2)14-32(26)46(40(28)36)31(24)13-21)37-33(47-34)15-27-23-7-3-19(17-41)11-29(23)45-30-12-20(18-42)4-8-25(30)35(37)39(27)45/h3-16H. The van der Waals surface area contributed by atoms with E-state index in [0.717, 1.165) is 98.1 Å². The maximum Gasteiger partial charge on any atom is 0.189 e. The minimum Gasteiger partial charge on any atom is -0.456 e. The smallest absolute Gasteiger partial charge is 0.189 e. The van der Waals surface area contributed by atoms with Gasteiger partial charge in [-0.25, -0.2) is 9.69 Å². The Balaban J connectivity index is 1.47. The molecule has 5 heterocycles. The van der Waals surface area contributed by atoms with Crippen molar-refractivity contribution in [2.24, 2.45) is 0 Å². The molecule has 0 saturated heterocycles.